The molecule has 16 aromatic rings. The molecular formula is C81H49F6N7. The average molecular weight is 1230 g/mol. The quantitative estimate of drug-likeness (QED) is 0.121. The van der Waals surface area contributed by atoms with Gasteiger partial charge in [-0.25, -0.2) is 24.9 Å². The van der Waals surface area contributed by atoms with Crippen molar-refractivity contribution in [2.75, 3.05) is 0 Å². The fourth-order valence-electron chi connectivity index (χ4n) is 12.7. The summed E-state index contributed by atoms with van der Waals surface area (Å²) in [5.41, 5.74) is 12.4. The number of benzene rings is 9. The molecule has 0 spiro atoms. The van der Waals surface area contributed by atoms with Crippen molar-refractivity contribution in [1.82, 2.24) is 34.1 Å². The van der Waals surface area contributed by atoms with E-state index in [1.54, 1.807) is 12.1 Å². The highest BCUT2D eigenvalue weighted by molar-refractivity contribution is 6.13. The summed E-state index contributed by atoms with van der Waals surface area (Å²) in [6, 6.07) is 91.9. The third-order valence-electron chi connectivity index (χ3n) is 17.2. The Balaban J connectivity index is 0.955. The van der Waals surface area contributed by atoms with Crippen molar-refractivity contribution < 1.29 is 26.3 Å². The van der Waals surface area contributed by atoms with Crippen molar-refractivity contribution in [2.24, 2.45) is 0 Å². The maximum atomic E-state index is 15.0. The number of pyridine rings is 5. The fraction of sp³-hybridized carbons (Fsp3) is 0.0247. The smallest absolute Gasteiger partial charge is 0.294 e. The zero-order valence-corrected chi connectivity index (χ0v) is 49.7. The molecule has 0 fully saturated rings. The topological polar surface area (TPSA) is 74.3 Å². The first-order valence-corrected chi connectivity index (χ1v) is 30.4. The Kier molecular flexibility index (Phi) is 14.0. The lowest BCUT2D eigenvalue weighted by atomic mass is 9.99. The van der Waals surface area contributed by atoms with Crippen LogP contribution < -0.4 is 0 Å². The molecule has 7 heterocycles. The highest BCUT2D eigenvalue weighted by atomic mass is 19.4. The summed E-state index contributed by atoms with van der Waals surface area (Å²) < 4.78 is 93.9. The molecule has 0 atom stereocenters. The molecule has 9 aromatic carbocycles. The van der Waals surface area contributed by atoms with Crippen LogP contribution in [0.2, 0.25) is 0 Å². The van der Waals surface area contributed by atoms with E-state index in [-0.39, 0.29) is 28.8 Å². The number of hydrogen-bond acceptors (Lipinski definition) is 5. The van der Waals surface area contributed by atoms with Gasteiger partial charge in [-0.15, -0.1) is 0 Å². The number of alkyl halides is 6. The molecular weight excluding hydrogens is 1180 g/mol. The summed E-state index contributed by atoms with van der Waals surface area (Å²) in [4.78, 5) is 26.0. The maximum absolute atomic E-state index is 15.0. The van der Waals surface area contributed by atoms with Crippen molar-refractivity contribution in [1.29, 1.82) is 0 Å². The van der Waals surface area contributed by atoms with E-state index in [4.69, 9.17) is 24.9 Å². The zero-order valence-electron chi connectivity index (χ0n) is 49.7. The summed E-state index contributed by atoms with van der Waals surface area (Å²) in [5, 5.41) is 3.11. The van der Waals surface area contributed by atoms with Crippen molar-refractivity contribution in [3.05, 3.63) is 308 Å². The molecule has 0 saturated carbocycles. The SMILES string of the molecule is FC(F)(F)c1cc(-c2cc(-n3c4ccc(-c5cccc(-c6ccccc6)n5)cc4c4cc(-c5cccc(-c6ccccc6)n5)ccc43)nc(-n3c4ccc(-c5cccc(-c6ccccc6)n5)cc4c4cc(-c5cccc(-c6ccccc6)n5)ccc43)c2)cc(C(F)(F)F)c1. The lowest BCUT2D eigenvalue weighted by Gasteiger charge is -2.17. The molecule has 16 rings (SSSR count). The first kappa shape index (κ1) is 57.1. The van der Waals surface area contributed by atoms with Crippen LogP contribution in [-0.4, -0.2) is 34.1 Å². The van der Waals surface area contributed by atoms with Gasteiger partial charge in [0.1, 0.15) is 11.6 Å². The van der Waals surface area contributed by atoms with E-state index in [9.17, 15) is 0 Å². The van der Waals surface area contributed by atoms with Gasteiger partial charge in [-0.05, 0) is 139 Å². The minimum atomic E-state index is -5.13. The van der Waals surface area contributed by atoms with Gasteiger partial charge in [0.2, 0.25) is 0 Å². The van der Waals surface area contributed by atoms with Gasteiger partial charge in [-0.2, -0.15) is 26.3 Å². The minimum absolute atomic E-state index is 0.0517. The second-order valence-electron chi connectivity index (χ2n) is 23.1. The number of nitrogens with zero attached hydrogens (tertiary/aromatic N) is 7. The van der Waals surface area contributed by atoms with Gasteiger partial charge in [0.05, 0.1) is 78.7 Å². The molecule has 0 amide bonds. The summed E-state index contributed by atoms with van der Waals surface area (Å²) in [6.45, 7) is 0. The Labute approximate surface area is 534 Å². The van der Waals surface area contributed by atoms with Crippen LogP contribution in [-0.2, 0) is 12.4 Å². The van der Waals surface area contributed by atoms with Crippen LogP contribution in [0.25, 0.3) is 156 Å². The minimum Gasteiger partial charge on any atom is -0.294 e. The Hall–Kier alpha value is -12.1. The second-order valence-corrected chi connectivity index (χ2v) is 23.1. The zero-order chi connectivity index (χ0) is 63.7. The molecule has 13 heteroatoms. The van der Waals surface area contributed by atoms with Crippen molar-refractivity contribution in [3.63, 3.8) is 0 Å². The predicted molar refractivity (Wildman–Crippen MR) is 363 cm³/mol. The third kappa shape index (κ3) is 10.7. The van der Waals surface area contributed by atoms with Gasteiger partial charge >= 0.3 is 12.4 Å². The van der Waals surface area contributed by atoms with Crippen molar-refractivity contribution in [3.8, 4) is 113 Å². The molecule has 0 radical (unpaired) electrons. The van der Waals surface area contributed by atoms with Gasteiger partial charge in [0, 0.05) is 66.1 Å². The van der Waals surface area contributed by atoms with E-state index in [1.807, 2.05) is 252 Å². The summed E-state index contributed by atoms with van der Waals surface area (Å²) in [5.74, 6) is 0.443. The van der Waals surface area contributed by atoms with Gasteiger partial charge in [-0.1, -0.05) is 170 Å². The number of rotatable bonds is 11. The number of hydrogen-bond donors (Lipinski definition) is 0. The fourth-order valence-corrected chi connectivity index (χ4v) is 12.7. The summed E-state index contributed by atoms with van der Waals surface area (Å²) in [7, 11) is 0. The van der Waals surface area contributed by atoms with E-state index in [0.29, 0.717) is 44.8 Å². The molecule has 0 unspecified atom stereocenters. The van der Waals surface area contributed by atoms with Crippen LogP contribution in [0.1, 0.15) is 11.1 Å². The Morgan fingerprint density at radius 1 is 0.202 bits per heavy atom. The largest absolute Gasteiger partial charge is 0.416 e. The summed E-state index contributed by atoms with van der Waals surface area (Å²) >= 11 is 0. The van der Waals surface area contributed by atoms with Crippen LogP contribution in [0.3, 0.4) is 0 Å². The van der Waals surface area contributed by atoms with E-state index in [1.165, 1.54) is 0 Å². The first-order valence-electron chi connectivity index (χ1n) is 30.4. The maximum Gasteiger partial charge on any atom is 0.416 e. The van der Waals surface area contributed by atoms with Crippen LogP contribution in [0, 0.1) is 0 Å². The third-order valence-corrected chi connectivity index (χ3v) is 17.2. The van der Waals surface area contributed by atoms with E-state index in [0.717, 1.165) is 101 Å². The van der Waals surface area contributed by atoms with Crippen molar-refractivity contribution in [2.45, 2.75) is 12.4 Å². The number of fused-ring (bicyclic) bond motifs is 6. The lowest BCUT2D eigenvalue weighted by molar-refractivity contribution is -0.143. The number of aromatic nitrogens is 7. The Bertz CT molecular complexity index is 4970. The molecule has 0 aliphatic carbocycles. The molecule has 0 saturated heterocycles. The molecule has 0 aliphatic heterocycles. The highest BCUT2D eigenvalue weighted by Crippen LogP contribution is 2.44. The van der Waals surface area contributed by atoms with Gasteiger partial charge < -0.3 is 0 Å². The second kappa shape index (κ2) is 23.0. The van der Waals surface area contributed by atoms with Crippen LogP contribution in [0.15, 0.2) is 297 Å². The summed E-state index contributed by atoms with van der Waals surface area (Å²) in [6.07, 6.45) is -10.3. The molecule has 7 nitrogen and oxygen atoms in total. The lowest BCUT2D eigenvalue weighted by Crippen LogP contribution is -2.11. The molecule has 7 aromatic heterocycles. The van der Waals surface area contributed by atoms with E-state index >= 15 is 26.3 Å². The predicted octanol–water partition coefficient (Wildman–Crippen LogP) is 21.9. The van der Waals surface area contributed by atoms with Crippen LogP contribution in [0.4, 0.5) is 26.3 Å². The monoisotopic (exact) mass is 1230 g/mol. The molecule has 0 N–H and O–H groups in total. The first-order chi connectivity index (χ1) is 45.8. The normalized spacial score (nSPS) is 11.9. The molecule has 450 valence electrons. The average Bonchev–Trinajstić information content (AvgIpc) is 1.56. The van der Waals surface area contributed by atoms with E-state index < -0.39 is 23.5 Å². The van der Waals surface area contributed by atoms with Gasteiger partial charge in [0.15, 0.2) is 0 Å². The van der Waals surface area contributed by atoms with Gasteiger partial charge in [0.25, 0.3) is 0 Å². The van der Waals surface area contributed by atoms with Crippen molar-refractivity contribution >= 4 is 43.6 Å². The standard InChI is InChI=1S/C81H49F6N7/c82-80(83,84)60-41-58(42-61(49-60)81(85,86)87)59-47-78(93-74-37-33-54(70-29-13-25-66(88-70)50-17-5-1-6-18-50)43-62(74)63-44-55(34-38-75(63)93)71-30-14-26-67(89-71)51-19-7-2-8-20-51)92-79(48-59)94-76-39-35-56(72-31-15-27-68(90-72)52-21-9-3-10-22-52)45-64(76)65-46-57(36-40-77(65)94)73-32-16-28-69(91-73)53-23-11-4-12-24-53/h1-49H. The van der Waals surface area contributed by atoms with Crippen LogP contribution in [0.5, 0.6) is 0 Å². The Morgan fingerprint density at radius 2 is 0.447 bits per heavy atom. The number of halogens is 6. The van der Waals surface area contributed by atoms with Crippen LogP contribution >= 0.6 is 0 Å². The molecule has 94 heavy (non-hydrogen) atoms. The van der Waals surface area contributed by atoms with Gasteiger partial charge in [-0.3, -0.25) is 9.13 Å². The molecule has 0 bridgehead atoms. The Morgan fingerprint density at radius 3 is 0.702 bits per heavy atom. The van der Waals surface area contributed by atoms with E-state index in [2.05, 4.69) is 24.3 Å². The molecule has 0 aliphatic rings. The highest BCUT2D eigenvalue weighted by Gasteiger charge is 2.37.